The molecule has 2 N–H and O–H groups in total. The molecular weight excluding hydrogens is 231 g/mol. The van der Waals surface area contributed by atoms with Gasteiger partial charge in [0.2, 0.25) is 0 Å². The first-order valence-corrected chi connectivity index (χ1v) is 4.65. The maximum Gasteiger partial charge on any atom is 0.333 e. The molecule has 0 rings (SSSR count). The molecule has 0 amide bonds. The number of hydrogen-bond acceptors (Lipinski definition) is 2. The molecule has 0 spiro atoms. The van der Waals surface area contributed by atoms with E-state index in [4.69, 9.17) is 33.4 Å². The lowest BCUT2D eigenvalue weighted by atomic mass is 10.0. The predicted octanol–water partition coefficient (Wildman–Crippen LogP) is 1.71. The number of aliphatic carboxylic acids is 2. The van der Waals surface area contributed by atoms with Crippen molar-refractivity contribution in [3.63, 3.8) is 0 Å². The van der Waals surface area contributed by atoms with E-state index in [2.05, 4.69) is 0 Å². The molecule has 0 aliphatic heterocycles. The van der Waals surface area contributed by atoms with Crippen LogP contribution in [0, 0.1) is 0 Å². The molecule has 0 saturated carbocycles. The second-order valence-electron chi connectivity index (χ2n) is 2.67. The van der Waals surface area contributed by atoms with Crippen LogP contribution < -0.4 is 0 Å². The van der Waals surface area contributed by atoms with Crippen molar-refractivity contribution in [2.75, 3.05) is 0 Å². The van der Waals surface area contributed by atoms with Crippen molar-refractivity contribution in [2.24, 2.45) is 0 Å². The summed E-state index contributed by atoms with van der Waals surface area (Å²) in [6.45, 7) is 2.76. The summed E-state index contributed by atoms with van der Waals surface area (Å²) in [6, 6.07) is 0. The van der Waals surface area contributed by atoms with E-state index in [1.54, 1.807) is 0 Å². The van der Waals surface area contributed by atoms with Crippen LogP contribution in [0.3, 0.4) is 0 Å². The monoisotopic (exact) mass is 240 g/mol. The molecule has 0 radical (unpaired) electrons. The number of alkyl halides is 2. The van der Waals surface area contributed by atoms with E-state index < -0.39 is 22.7 Å². The van der Waals surface area contributed by atoms with E-state index >= 15 is 0 Å². The van der Waals surface area contributed by atoms with Gasteiger partial charge in [-0.05, 0) is 13.8 Å². The summed E-state index contributed by atoms with van der Waals surface area (Å²) in [7, 11) is 0. The molecule has 6 heteroatoms. The average Bonchev–Trinajstić information content (AvgIpc) is 1.96. The topological polar surface area (TPSA) is 74.6 Å². The minimum Gasteiger partial charge on any atom is -0.478 e. The van der Waals surface area contributed by atoms with E-state index in [0.717, 1.165) is 0 Å². The van der Waals surface area contributed by atoms with Gasteiger partial charge in [0.05, 0.1) is 21.9 Å². The highest BCUT2D eigenvalue weighted by atomic mass is 35.5. The molecule has 0 aliphatic rings. The van der Waals surface area contributed by atoms with Crippen molar-refractivity contribution in [2.45, 2.75) is 24.6 Å². The van der Waals surface area contributed by atoms with Crippen LogP contribution in [0.4, 0.5) is 0 Å². The summed E-state index contributed by atoms with van der Waals surface area (Å²) in [6.07, 6.45) is 0. The van der Waals surface area contributed by atoms with Crippen molar-refractivity contribution in [3.05, 3.63) is 11.1 Å². The Morgan fingerprint density at radius 3 is 1.21 bits per heavy atom. The molecule has 0 heterocycles. The van der Waals surface area contributed by atoms with Gasteiger partial charge >= 0.3 is 11.9 Å². The highest BCUT2D eigenvalue weighted by Crippen LogP contribution is 2.21. The second-order valence-corrected chi connectivity index (χ2v) is 3.98. The fourth-order valence-electron chi connectivity index (χ4n) is 0.999. The maximum atomic E-state index is 10.7. The van der Waals surface area contributed by atoms with E-state index in [9.17, 15) is 9.59 Å². The first-order valence-electron chi connectivity index (χ1n) is 3.77. The molecule has 2 unspecified atom stereocenters. The van der Waals surface area contributed by atoms with Crippen molar-refractivity contribution in [1.82, 2.24) is 0 Å². The van der Waals surface area contributed by atoms with Crippen LogP contribution in [0.5, 0.6) is 0 Å². The van der Waals surface area contributed by atoms with Gasteiger partial charge in [0.25, 0.3) is 0 Å². The number of carbonyl (C=O) groups is 2. The smallest absolute Gasteiger partial charge is 0.333 e. The molecule has 0 fully saturated rings. The molecule has 0 aliphatic carbocycles. The summed E-state index contributed by atoms with van der Waals surface area (Å²) in [5.41, 5.74) is -0.747. The van der Waals surface area contributed by atoms with Crippen LogP contribution in [0.15, 0.2) is 11.1 Å². The SMILES string of the molecule is CC(Cl)C(C(=O)O)=C(C(=O)O)C(C)Cl. The van der Waals surface area contributed by atoms with Gasteiger partial charge in [-0.1, -0.05) is 0 Å². The van der Waals surface area contributed by atoms with Crippen LogP contribution in [0.2, 0.25) is 0 Å². The molecule has 0 aromatic carbocycles. The third-order valence-corrected chi connectivity index (χ3v) is 1.98. The number of rotatable bonds is 4. The molecule has 0 aromatic heterocycles. The Bertz CT molecular complexity index is 253. The molecule has 0 saturated heterocycles. The van der Waals surface area contributed by atoms with Crippen LogP contribution in [-0.2, 0) is 9.59 Å². The van der Waals surface area contributed by atoms with E-state index in [0.29, 0.717) is 0 Å². The van der Waals surface area contributed by atoms with Crippen LogP contribution in [-0.4, -0.2) is 32.9 Å². The summed E-state index contributed by atoms with van der Waals surface area (Å²) in [5, 5.41) is 15.7. The Hall–Kier alpha value is -0.740. The largest absolute Gasteiger partial charge is 0.478 e. The zero-order valence-corrected chi connectivity index (χ0v) is 9.13. The van der Waals surface area contributed by atoms with Crippen LogP contribution in [0.1, 0.15) is 13.8 Å². The summed E-state index contributed by atoms with van der Waals surface area (Å²) in [5.74, 6) is -2.73. The fourth-order valence-corrected chi connectivity index (χ4v) is 1.42. The Morgan fingerprint density at radius 2 is 1.14 bits per heavy atom. The van der Waals surface area contributed by atoms with Gasteiger partial charge in [0, 0.05) is 0 Å². The Kier molecular flexibility index (Phi) is 4.94. The quantitative estimate of drug-likeness (QED) is 0.580. The lowest BCUT2D eigenvalue weighted by molar-refractivity contribution is -0.136. The summed E-state index contributed by atoms with van der Waals surface area (Å²) < 4.78 is 0. The lowest BCUT2D eigenvalue weighted by Crippen LogP contribution is -2.21. The minimum absolute atomic E-state index is 0.373. The number of halogens is 2. The molecular formula is C8H10Cl2O4. The highest BCUT2D eigenvalue weighted by molar-refractivity contribution is 6.28. The summed E-state index contributed by atoms with van der Waals surface area (Å²) in [4.78, 5) is 21.5. The normalized spacial score (nSPS) is 16.9. The minimum atomic E-state index is -1.36. The third-order valence-electron chi connectivity index (χ3n) is 1.55. The predicted molar refractivity (Wildman–Crippen MR) is 52.9 cm³/mol. The maximum absolute atomic E-state index is 10.7. The second kappa shape index (κ2) is 5.22. The Morgan fingerprint density at radius 1 is 0.929 bits per heavy atom. The van der Waals surface area contributed by atoms with Gasteiger partial charge in [0.15, 0.2) is 0 Å². The van der Waals surface area contributed by atoms with Crippen molar-refractivity contribution in [3.8, 4) is 0 Å². The zero-order valence-electron chi connectivity index (χ0n) is 7.62. The molecule has 4 nitrogen and oxygen atoms in total. The van der Waals surface area contributed by atoms with Gasteiger partial charge in [-0.15, -0.1) is 23.2 Å². The van der Waals surface area contributed by atoms with E-state index in [-0.39, 0.29) is 11.1 Å². The molecule has 0 aromatic rings. The van der Waals surface area contributed by atoms with Crippen LogP contribution in [0.25, 0.3) is 0 Å². The standard InChI is InChI=1S/C8H10Cl2O4/c1-3(9)5(7(11)12)6(4(2)10)8(13)14/h3-4H,1-2H3,(H,11,12)(H,13,14). The van der Waals surface area contributed by atoms with Gasteiger partial charge in [-0.25, -0.2) is 9.59 Å². The first kappa shape index (κ1) is 13.3. The number of carboxylic acids is 2. The first-order chi connectivity index (χ1) is 6.29. The Labute approximate surface area is 91.1 Å². The van der Waals surface area contributed by atoms with Gasteiger partial charge < -0.3 is 10.2 Å². The summed E-state index contributed by atoms with van der Waals surface area (Å²) >= 11 is 11.1. The fraction of sp³-hybridized carbons (Fsp3) is 0.500. The van der Waals surface area contributed by atoms with Gasteiger partial charge in [0.1, 0.15) is 0 Å². The number of carboxylic acid groups (broad SMARTS) is 2. The zero-order chi connectivity index (χ0) is 11.5. The lowest BCUT2D eigenvalue weighted by Gasteiger charge is -2.11. The van der Waals surface area contributed by atoms with Gasteiger partial charge in [-0.3, -0.25) is 0 Å². The average molecular weight is 241 g/mol. The molecule has 80 valence electrons. The Balaban J connectivity index is 5.51. The van der Waals surface area contributed by atoms with Crippen molar-refractivity contribution in [1.29, 1.82) is 0 Å². The molecule has 2 atom stereocenters. The molecule has 14 heavy (non-hydrogen) atoms. The van der Waals surface area contributed by atoms with Crippen molar-refractivity contribution >= 4 is 35.1 Å². The van der Waals surface area contributed by atoms with Gasteiger partial charge in [-0.2, -0.15) is 0 Å². The van der Waals surface area contributed by atoms with E-state index in [1.165, 1.54) is 13.8 Å². The van der Waals surface area contributed by atoms with Crippen LogP contribution >= 0.6 is 23.2 Å². The third kappa shape index (κ3) is 3.20. The highest BCUT2D eigenvalue weighted by Gasteiger charge is 2.26. The number of hydrogen-bond donors (Lipinski definition) is 2. The van der Waals surface area contributed by atoms with E-state index in [1.807, 2.05) is 0 Å². The molecule has 0 bridgehead atoms. The van der Waals surface area contributed by atoms with Crippen molar-refractivity contribution < 1.29 is 19.8 Å².